The summed E-state index contributed by atoms with van der Waals surface area (Å²) in [5.41, 5.74) is 6.83. The Balaban J connectivity index is 1.51. The number of aromatic nitrogens is 1. The number of thiazole rings is 1. The molecule has 0 saturated carbocycles. The second-order valence-corrected chi connectivity index (χ2v) is 8.05. The molecule has 0 saturated heterocycles. The smallest absolute Gasteiger partial charge is 0.264 e. The van der Waals surface area contributed by atoms with Gasteiger partial charge in [0.25, 0.3) is 5.91 Å². The van der Waals surface area contributed by atoms with E-state index in [1.165, 1.54) is 11.3 Å². The number of hydrogen-bond acceptors (Lipinski definition) is 5. The number of primary amides is 1. The van der Waals surface area contributed by atoms with Crippen LogP contribution in [0.5, 0.6) is 5.75 Å². The quantitative estimate of drug-likeness (QED) is 0.541. The van der Waals surface area contributed by atoms with E-state index in [9.17, 15) is 9.59 Å². The second kappa shape index (κ2) is 9.73. The molecular formula is C20H17Cl2N3O3S. The molecule has 2 amide bonds. The van der Waals surface area contributed by atoms with Crippen LogP contribution >= 0.6 is 34.5 Å². The molecule has 150 valence electrons. The van der Waals surface area contributed by atoms with Gasteiger partial charge in [-0.2, -0.15) is 0 Å². The van der Waals surface area contributed by atoms with Crippen molar-refractivity contribution in [2.75, 3.05) is 11.9 Å². The highest BCUT2D eigenvalue weighted by Gasteiger charge is 2.11. The molecule has 0 aliphatic carbocycles. The number of rotatable bonds is 8. The molecule has 9 heteroatoms. The molecule has 0 bridgehead atoms. The van der Waals surface area contributed by atoms with Crippen molar-refractivity contribution in [1.82, 2.24) is 4.98 Å². The molecule has 0 unspecified atom stereocenters. The zero-order valence-electron chi connectivity index (χ0n) is 15.2. The number of nitrogens with two attached hydrogens (primary N) is 1. The summed E-state index contributed by atoms with van der Waals surface area (Å²) in [6.07, 6.45) is 2.42. The summed E-state index contributed by atoms with van der Waals surface area (Å²) in [6, 6.07) is 12.3. The van der Waals surface area contributed by atoms with E-state index in [2.05, 4.69) is 10.3 Å². The van der Waals surface area contributed by atoms with Crippen LogP contribution in [0.3, 0.4) is 0 Å². The van der Waals surface area contributed by atoms with Gasteiger partial charge in [-0.1, -0.05) is 47.5 Å². The topological polar surface area (TPSA) is 94.3 Å². The number of nitrogens with one attached hydrogen (secondary N) is 1. The van der Waals surface area contributed by atoms with E-state index in [0.29, 0.717) is 27.3 Å². The third kappa shape index (κ3) is 6.19. The van der Waals surface area contributed by atoms with Crippen molar-refractivity contribution >= 4 is 51.5 Å². The first-order chi connectivity index (χ1) is 13.9. The van der Waals surface area contributed by atoms with Crippen LogP contribution in [0.25, 0.3) is 0 Å². The molecule has 29 heavy (non-hydrogen) atoms. The predicted molar refractivity (Wildman–Crippen MR) is 115 cm³/mol. The zero-order valence-corrected chi connectivity index (χ0v) is 17.5. The molecule has 3 rings (SSSR count). The Labute approximate surface area is 181 Å². The number of ether oxygens (including phenoxy) is 1. The standard InChI is InChI=1S/C20H17Cl2N3O3S/c21-16-3-1-2-13(19(16)22)9-15-10-24-20(29-15)25-18(27)11-28-14-6-4-12(5-7-14)8-17(23)26/h1-7,10H,8-9,11H2,(H2,23,26)(H,24,25,27). The second-order valence-electron chi connectivity index (χ2n) is 6.15. The fraction of sp³-hybridized carbons (Fsp3) is 0.150. The average molecular weight is 450 g/mol. The van der Waals surface area contributed by atoms with Crippen molar-refractivity contribution in [3.05, 3.63) is 74.7 Å². The molecule has 6 nitrogen and oxygen atoms in total. The Morgan fingerprint density at radius 1 is 1.14 bits per heavy atom. The molecule has 1 heterocycles. The van der Waals surface area contributed by atoms with E-state index in [4.69, 9.17) is 33.7 Å². The van der Waals surface area contributed by atoms with Crippen LogP contribution in [0.4, 0.5) is 5.13 Å². The summed E-state index contributed by atoms with van der Waals surface area (Å²) >= 11 is 13.6. The minimum absolute atomic E-state index is 0.160. The van der Waals surface area contributed by atoms with Crippen LogP contribution in [0.15, 0.2) is 48.7 Å². The number of benzene rings is 2. The normalized spacial score (nSPS) is 10.6. The Morgan fingerprint density at radius 2 is 1.90 bits per heavy atom. The van der Waals surface area contributed by atoms with Gasteiger partial charge < -0.3 is 10.5 Å². The SMILES string of the molecule is NC(=O)Cc1ccc(OCC(=O)Nc2ncc(Cc3cccc(Cl)c3Cl)s2)cc1. The van der Waals surface area contributed by atoms with Gasteiger partial charge in [-0.25, -0.2) is 4.98 Å². The Kier molecular flexibility index (Phi) is 7.09. The van der Waals surface area contributed by atoms with E-state index < -0.39 is 5.91 Å². The van der Waals surface area contributed by atoms with E-state index in [-0.39, 0.29) is 18.9 Å². The molecule has 2 aromatic carbocycles. The Bertz CT molecular complexity index is 1020. The van der Waals surface area contributed by atoms with Crippen LogP contribution in [0.2, 0.25) is 10.0 Å². The highest BCUT2D eigenvalue weighted by Crippen LogP contribution is 2.29. The summed E-state index contributed by atoms with van der Waals surface area (Å²) in [5, 5.41) is 4.20. The Hall–Kier alpha value is -2.61. The third-order valence-corrected chi connectivity index (χ3v) is 5.64. The molecule has 3 aromatic rings. The maximum Gasteiger partial charge on any atom is 0.264 e. The van der Waals surface area contributed by atoms with Gasteiger partial charge in [0, 0.05) is 17.5 Å². The minimum atomic E-state index is -0.404. The fourth-order valence-electron chi connectivity index (χ4n) is 2.53. The highest BCUT2D eigenvalue weighted by molar-refractivity contribution is 7.15. The maximum absolute atomic E-state index is 12.1. The molecule has 1 aromatic heterocycles. The third-order valence-electron chi connectivity index (χ3n) is 3.87. The first-order valence-electron chi connectivity index (χ1n) is 8.58. The summed E-state index contributed by atoms with van der Waals surface area (Å²) < 4.78 is 5.45. The summed E-state index contributed by atoms with van der Waals surface area (Å²) in [7, 11) is 0. The molecule has 0 fully saturated rings. The number of amides is 2. The van der Waals surface area contributed by atoms with Crippen molar-refractivity contribution in [3.8, 4) is 5.75 Å². The number of anilines is 1. The Morgan fingerprint density at radius 3 is 2.62 bits per heavy atom. The number of hydrogen-bond donors (Lipinski definition) is 2. The van der Waals surface area contributed by atoms with Gasteiger partial charge in [-0.15, -0.1) is 11.3 Å². The number of nitrogens with zero attached hydrogens (tertiary/aromatic N) is 1. The lowest BCUT2D eigenvalue weighted by Crippen LogP contribution is -2.20. The molecular weight excluding hydrogens is 433 g/mol. The van der Waals surface area contributed by atoms with E-state index in [1.807, 2.05) is 12.1 Å². The lowest BCUT2D eigenvalue weighted by atomic mass is 10.1. The molecule has 3 N–H and O–H groups in total. The lowest BCUT2D eigenvalue weighted by Gasteiger charge is -2.06. The first kappa shape index (κ1) is 21.1. The fourth-order valence-corrected chi connectivity index (χ4v) is 3.77. The van der Waals surface area contributed by atoms with Gasteiger partial charge in [0.05, 0.1) is 16.5 Å². The zero-order chi connectivity index (χ0) is 20.8. The number of halogens is 2. The average Bonchev–Trinajstić information content (AvgIpc) is 3.11. The van der Waals surface area contributed by atoms with Gasteiger partial charge >= 0.3 is 0 Å². The van der Waals surface area contributed by atoms with Crippen LogP contribution in [0.1, 0.15) is 16.0 Å². The number of carbonyl (C=O) groups excluding carboxylic acids is 2. The van der Waals surface area contributed by atoms with Gasteiger partial charge in [0.1, 0.15) is 5.75 Å². The van der Waals surface area contributed by atoms with Crippen molar-refractivity contribution < 1.29 is 14.3 Å². The van der Waals surface area contributed by atoms with Gasteiger partial charge in [0.15, 0.2) is 11.7 Å². The van der Waals surface area contributed by atoms with Gasteiger partial charge in [0.2, 0.25) is 5.91 Å². The van der Waals surface area contributed by atoms with Crippen LogP contribution in [-0.4, -0.2) is 23.4 Å². The van der Waals surface area contributed by atoms with Crippen molar-refractivity contribution in [1.29, 1.82) is 0 Å². The molecule has 0 atom stereocenters. The minimum Gasteiger partial charge on any atom is -0.484 e. The lowest BCUT2D eigenvalue weighted by molar-refractivity contribution is -0.118. The number of carbonyl (C=O) groups is 2. The van der Waals surface area contributed by atoms with Gasteiger partial charge in [-0.05, 0) is 29.3 Å². The summed E-state index contributed by atoms with van der Waals surface area (Å²) in [4.78, 5) is 28.1. The van der Waals surface area contributed by atoms with Crippen molar-refractivity contribution in [3.63, 3.8) is 0 Å². The predicted octanol–water partition coefficient (Wildman–Crippen LogP) is 4.09. The molecule has 0 aliphatic heterocycles. The van der Waals surface area contributed by atoms with E-state index in [1.54, 1.807) is 36.5 Å². The molecule has 0 spiro atoms. The largest absolute Gasteiger partial charge is 0.484 e. The van der Waals surface area contributed by atoms with E-state index >= 15 is 0 Å². The van der Waals surface area contributed by atoms with Crippen molar-refractivity contribution in [2.45, 2.75) is 12.8 Å². The highest BCUT2D eigenvalue weighted by atomic mass is 35.5. The van der Waals surface area contributed by atoms with Crippen LogP contribution in [-0.2, 0) is 22.4 Å². The monoisotopic (exact) mass is 449 g/mol. The summed E-state index contributed by atoms with van der Waals surface area (Å²) in [6.45, 7) is -0.162. The molecule has 0 radical (unpaired) electrons. The molecule has 0 aliphatic rings. The first-order valence-corrected chi connectivity index (χ1v) is 10.2. The van der Waals surface area contributed by atoms with E-state index in [0.717, 1.165) is 16.0 Å². The maximum atomic E-state index is 12.1. The van der Waals surface area contributed by atoms with Gasteiger partial charge in [-0.3, -0.25) is 14.9 Å². The van der Waals surface area contributed by atoms with Crippen molar-refractivity contribution in [2.24, 2.45) is 5.73 Å². The summed E-state index contributed by atoms with van der Waals surface area (Å²) in [5.74, 6) is -0.213. The van der Waals surface area contributed by atoms with Crippen LogP contribution in [0, 0.1) is 0 Å². The van der Waals surface area contributed by atoms with Crippen LogP contribution < -0.4 is 15.8 Å².